The molecule has 1 aromatic heterocycles. The Morgan fingerprint density at radius 1 is 1.10 bits per heavy atom. The van der Waals surface area contributed by atoms with Gasteiger partial charge in [0.05, 0.1) is 17.3 Å². The zero-order valence-electron chi connectivity index (χ0n) is 15.7. The van der Waals surface area contributed by atoms with Gasteiger partial charge in [0, 0.05) is 14.9 Å². The molecule has 1 amide bonds. The average Bonchev–Trinajstić information content (AvgIpc) is 3.18. The van der Waals surface area contributed by atoms with Crippen LogP contribution in [0.3, 0.4) is 0 Å². The first-order valence-electron chi connectivity index (χ1n) is 8.94. The number of aryl methyl sites for hydroxylation is 2. The molecule has 146 valence electrons. The molecule has 0 saturated carbocycles. The number of amides is 1. The lowest BCUT2D eigenvalue weighted by Crippen LogP contribution is -2.29. The molecular weight excluding hydrogens is 452 g/mol. The minimum absolute atomic E-state index is 0.0600. The molecule has 0 radical (unpaired) electrons. The van der Waals surface area contributed by atoms with E-state index in [1.807, 2.05) is 44.2 Å². The quantitative estimate of drug-likeness (QED) is 0.327. The number of carbonyl (C=O) groups is 2. The minimum atomic E-state index is -0.766. The lowest BCUT2D eigenvalue weighted by atomic mass is 9.95. The summed E-state index contributed by atoms with van der Waals surface area (Å²) in [6.07, 6.45) is 0. The van der Waals surface area contributed by atoms with Crippen molar-refractivity contribution >= 4 is 49.8 Å². The van der Waals surface area contributed by atoms with E-state index in [-0.39, 0.29) is 11.3 Å². The van der Waals surface area contributed by atoms with Crippen LogP contribution in [0.4, 0.5) is 5.13 Å². The fourth-order valence-corrected chi connectivity index (χ4v) is 4.69. The van der Waals surface area contributed by atoms with Gasteiger partial charge in [0.15, 0.2) is 5.13 Å². The summed E-state index contributed by atoms with van der Waals surface area (Å²) in [7, 11) is 0. The van der Waals surface area contributed by atoms with Gasteiger partial charge in [-0.1, -0.05) is 58.4 Å². The molecule has 1 atom stereocenters. The first-order valence-corrected chi connectivity index (χ1v) is 10.6. The largest absolute Gasteiger partial charge is 0.507 e. The predicted molar refractivity (Wildman–Crippen MR) is 117 cm³/mol. The molecule has 1 aliphatic rings. The van der Waals surface area contributed by atoms with Gasteiger partial charge in [-0.3, -0.25) is 14.5 Å². The van der Waals surface area contributed by atoms with E-state index in [0.717, 1.165) is 15.0 Å². The molecule has 4 rings (SSSR count). The molecule has 1 aliphatic heterocycles. The third-order valence-corrected chi connectivity index (χ3v) is 6.44. The fourth-order valence-electron chi connectivity index (χ4n) is 3.33. The molecule has 1 N–H and O–H groups in total. The zero-order valence-corrected chi connectivity index (χ0v) is 18.1. The van der Waals surface area contributed by atoms with Crippen LogP contribution in [0.1, 0.15) is 27.7 Å². The lowest BCUT2D eigenvalue weighted by Gasteiger charge is -2.23. The van der Waals surface area contributed by atoms with E-state index in [1.54, 1.807) is 24.3 Å². The molecule has 7 heteroatoms. The number of aliphatic hydroxyl groups excluding tert-OH is 1. The Labute approximate surface area is 180 Å². The van der Waals surface area contributed by atoms with Crippen molar-refractivity contribution in [1.82, 2.24) is 4.98 Å². The normalized spacial score (nSPS) is 18.4. The summed E-state index contributed by atoms with van der Waals surface area (Å²) in [5.41, 5.74) is 2.06. The van der Waals surface area contributed by atoms with Crippen LogP contribution >= 0.6 is 27.3 Å². The highest BCUT2D eigenvalue weighted by Gasteiger charge is 2.48. The maximum absolute atomic E-state index is 13.0. The van der Waals surface area contributed by atoms with E-state index in [9.17, 15) is 14.7 Å². The van der Waals surface area contributed by atoms with Crippen molar-refractivity contribution in [3.63, 3.8) is 0 Å². The highest BCUT2D eigenvalue weighted by Crippen LogP contribution is 2.44. The number of halogens is 1. The van der Waals surface area contributed by atoms with Gasteiger partial charge in [-0.2, -0.15) is 0 Å². The topological polar surface area (TPSA) is 70.5 Å². The Morgan fingerprint density at radius 3 is 2.45 bits per heavy atom. The molecule has 0 unspecified atom stereocenters. The standard InChI is InChI=1S/C22H17BrN2O3S/c1-12-13(2)29-22(24-12)25-18(15-9-6-10-16(23)11-15)17(20(27)21(25)28)19(26)14-7-4-3-5-8-14/h3-11,18,26H,1-2H3/t18-/m1/s1. The Balaban J connectivity index is 1.97. The van der Waals surface area contributed by atoms with Gasteiger partial charge >= 0.3 is 5.91 Å². The minimum Gasteiger partial charge on any atom is -0.507 e. The molecule has 2 aromatic carbocycles. The molecule has 29 heavy (non-hydrogen) atoms. The first-order chi connectivity index (χ1) is 13.9. The van der Waals surface area contributed by atoms with Gasteiger partial charge in [0.25, 0.3) is 5.78 Å². The number of anilines is 1. The number of carbonyl (C=O) groups excluding carboxylic acids is 2. The highest BCUT2D eigenvalue weighted by molar-refractivity contribution is 9.10. The van der Waals surface area contributed by atoms with Crippen LogP contribution in [-0.4, -0.2) is 21.8 Å². The van der Waals surface area contributed by atoms with E-state index < -0.39 is 17.7 Å². The van der Waals surface area contributed by atoms with Gasteiger partial charge in [0.2, 0.25) is 0 Å². The average molecular weight is 469 g/mol. The number of nitrogens with zero attached hydrogens (tertiary/aromatic N) is 2. The van der Waals surface area contributed by atoms with Gasteiger partial charge in [-0.05, 0) is 31.5 Å². The number of hydrogen-bond acceptors (Lipinski definition) is 5. The van der Waals surface area contributed by atoms with Crippen molar-refractivity contribution in [1.29, 1.82) is 0 Å². The molecule has 2 heterocycles. The van der Waals surface area contributed by atoms with E-state index in [0.29, 0.717) is 16.3 Å². The highest BCUT2D eigenvalue weighted by atomic mass is 79.9. The SMILES string of the molecule is Cc1nc(N2C(=O)C(=O)C(=C(O)c3ccccc3)[C@H]2c2cccc(Br)c2)sc1C. The maximum atomic E-state index is 13.0. The van der Waals surface area contributed by atoms with Crippen molar-refractivity contribution < 1.29 is 14.7 Å². The first kappa shape index (κ1) is 19.5. The van der Waals surface area contributed by atoms with Crippen molar-refractivity contribution in [3.05, 3.63) is 86.3 Å². The Morgan fingerprint density at radius 2 is 1.83 bits per heavy atom. The molecule has 0 spiro atoms. The second-order valence-corrected chi connectivity index (χ2v) is 8.83. The van der Waals surface area contributed by atoms with Crippen molar-refractivity contribution in [2.75, 3.05) is 4.90 Å². The van der Waals surface area contributed by atoms with Crippen molar-refractivity contribution in [3.8, 4) is 0 Å². The van der Waals surface area contributed by atoms with Crippen LogP contribution in [0, 0.1) is 13.8 Å². The summed E-state index contributed by atoms with van der Waals surface area (Å²) >= 11 is 4.81. The van der Waals surface area contributed by atoms with Gasteiger partial charge in [0.1, 0.15) is 5.76 Å². The summed E-state index contributed by atoms with van der Waals surface area (Å²) in [6.45, 7) is 3.79. The van der Waals surface area contributed by atoms with Gasteiger partial charge in [-0.25, -0.2) is 4.98 Å². The van der Waals surface area contributed by atoms with E-state index in [1.165, 1.54) is 16.2 Å². The monoisotopic (exact) mass is 468 g/mol. The van der Waals surface area contributed by atoms with Crippen LogP contribution in [0.5, 0.6) is 0 Å². The summed E-state index contributed by atoms with van der Waals surface area (Å²) < 4.78 is 0.812. The van der Waals surface area contributed by atoms with E-state index in [4.69, 9.17) is 0 Å². The number of aromatic nitrogens is 1. The summed E-state index contributed by atoms with van der Waals surface area (Å²) in [5.74, 6) is -1.61. The smallest absolute Gasteiger partial charge is 0.301 e. The number of hydrogen-bond donors (Lipinski definition) is 1. The second kappa shape index (κ2) is 7.57. The number of benzene rings is 2. The number of ketones is 1. The third-order valence-electron chi connectivity index (χ3n) is 4.88. The summed E-state index contributed by atoms with van der Waals surface area (Å²) in [5, 5.41) is 11.4. The number of Topliss-reactive ketones (excluding diaryl/α,β-unsaturated/α-hetero) is 1. The Hall–Kier alpha value is -2.77. The predicted octanol–water partition coefficient (Wildman–Crippen LogP) is 5.15. The molecule has 1 saturated heterocycles. The Kier molecular flexibility index (Phi) is 5.10. The van der Waals surface area contributed by atoms with Crippen LogP contribution in [0.25, 0.3) is 5.76 Å². The molecule has 0 bridgehead atoms. The van der Waals surface area contributed by atoms with Crippen molar-refractivity contribution in [2.45, 2.75) is 19.9 Å². The summed E-state index contributed by atoms with van der Waals surface area (Å²) in [4.78, 5) is 32.9. The molecule has 0 aliphatic carbocycles. The van der Waals surface area contributed by atoms with E-state index >= 15 is 0 Å². The van der Waals surface area contributed by atoms with Crippen LogP contribution in [-0.2, 0) is 9.59 Å². The number of aliphatic hydroxyl groups is 1. The summed E-state index contributed by atoms with van der Waals surface area (Å²) in [6, 6.07) is 15.4. The van der Waals surface area contributed by atoms with Gasteiger partial charge < -0.3 is 5.11 Å². The van der Waals surface area contributed by atoms with E-state index in [2.05, 4.69) is 20.9 Å². The van der Waals surface area contributed by atoms with Crippen LogP contribution in [0.15, 0.2) is 64.6 Å². The van der Waals surface area contributed by atoms with Gasteiger partial charge in [-0.15, -0.1) is 11.3 Å². The third kappa shape index (κ3) is 3.41. The van der Waals surface area contributed by atoms with Crippen molar-refractivity contribution in [2.24, 2.45) is 0 Å². The Bertz CT molecular complexity index is 1130. The number of rotatable bonds is 3. The zero-order chi connectivity index (χ0) is 20.7. The van der Waals surface area contributed by atoms with Crippen LogP contribution < -0.4 is 4.90 Å². The second-order valence-electron chi connectivity index (χ2n) is 6.73. The fraction of sp³-hybridized carbons (Fsp3) is 0.136. The number of thiazole rings is 1. The van der Waals surface area contributed by atoms with Crippen LogP contribution in [0.2, 0.25) is 0 Å². The molecule has 5 nitrogen and oxygen atoms in total. The molecule has 1 fully saturated rings. The lowest BCUT2D eigenvalue weighted by molar-refractivity contribution is -0.132. The molecule has 3 aromatic rings. The molecular formula is C22H17BrN2O3S. The maximum Gasteiger partial charge on any atom is 0.301 e.